The van der Waals surface area contributed by atoms with E-state index in [0.29, 0.717) is 5.92 Å². The van der Waals surface area contributed by atoms with Crippen molar-refractivity contribution in [1.29, 1.82) is 0 Å². The van der Waals surface area contributed by atoms with Crippen LogP contribution < -0.4 is 0 Å². The number of carbonyl (C=O) groups is 1. The van der Waals surface area contributed by atoms with Crippen molar-refractivity contribution in [3.63, 3.8) is 0 Å². The Morgan fingerprint density at radius 3 is 3.00 bits per heavy atom. The van der Waals surface area contributed by atoms with E-state index in [1.165, 1.54) is 19.3 Å². The van der Waals surface area contributed by atoms with E-state index in [2.05, 4.69) is 4.98 Å². The monoisotopic (exact) mass is 251 g/mol. The van der Waals surface area contributed by atoms with Gasteiger partial charge in [0.25, 0.3) is 0 Å². The number of thiazole rings is 1. The first kappa shape index (κ1) is 11.2. The zero-order valence-electron chi connectivity index (χ0n) is 9.96. The van der Waals surface area contributed by atoms with Crippen molar-refractivity contribution in [2.45, 2.75) is 38.7 Å². The van der Waals surface area contributed by atoms with E-state index in [1.807, 2.05) is 12.3 Å². The lowest BCUT2D eigenvalue weighted by molar-refractivity contribution is -0.155. The predicted octanol–water partition coefficient (Wildman–Crippen LogP) is 3.18. The fourth-order valence-corrected chi connectivity index (χ4v) is 3.90. The quantitative estimate of drug-likeness (QED) is 0.774. The SMILES string of the molecule is C[C@H](OC(=O)[C@@H]1C[C@H]2CC[C@H]1C2)c1nccs1. The third-order valence-corrected chi connectivity index (χ3v) is 5.07. The summed E-state index contributed by atoms with van der Waals surface area (Å²) in [6.45, 7) is 1.91. The Kier molecular flexibility index (Phi) is 2.90. The summed E-state index contributed by atoms with van der Waals surface area (Å²) < 4.78 is 5.54. The van der Waals surface area contributed by atoms with E-state index in [9.17, 15) is 4.79 Å². The standard InChI is InChI=1S/C13H17NO2S/c1-8(12-14-4-5-17-12)16-13(15)11-7-9-2-3-10(11)6-9/h4-5,8-11H,2-3,6-7H2,1H3/t8-,9-,10-,11+/m0/s1. The summed E-state index contributed by atoms with van der Waals surface area (Å²) in [6.07, 6.45) is 6.38. The van der Waals surface area contributed by atoms with Gasteiger partial charge in [0, 0.05) is 11.6 Å². The van der Waals surface area contributed by atoms with Crippen LogP contribution in [-0.2, 0) is 9.53 Å². The molecule has 92 valence electrons. The summed E-state index contributed by atoms with van der Waals surface area (Å²) in [7, 11) is 0. The molecule has 2 fully saturated rings. The van der Waals surface area contributed by atoms with Gasteiger partial charge in [-0.1, -0.05) is 6.42 Å². The molecule has 2 bridgehead atoms. The summed E-state index contributed by atoms with van der Waals surface area (Å²) in [5.41, 5.74) is 0. The Bertz CT molecular complexity index is 404. The van der Waals surface area contributed by atoms with Crippen LogP contribution in [0.15, 0.2) is 11.6 Å². The van der Waals surface area contributed by atoms with Gasteiger partial charge in [-0.25, -0.2) is 4.98 Å². The van der Waals surface area contributed by atoms with Crippen LogP contribution in [-0.4, -0.2) is 11.0 Å². The van der Waals surface area contributed by atoms with Crippen molar-refractivity contribution in [3.8, 4) is 0 Å². The van der Waals surface area contributed by atoms with Crippen LogP contribution in [0.4, 0.5) is 0 Å². The van der Waals surface area contributed by atoms with E-state index in [4.69, 9.17) is 4.74 Å². The van der Waals surface area contributed by atoms with E-state index in [1.54, 1.807) is 17.5 Å². The smallest absolute Gasteiger partial charge is 0.309 e. The molecule has 0 saturated heterocycles. The van der Waals surface area contributed by atoms with Crippen molar-refractivity contribution in [3.05, 3.63) is 16.6 Å². The minimum Gasteiger partial charge on any atom is -0.455 e. The third-order valence-electron chi connectivity index (χ3n) is 4.13. The number of nitrogens with zero attached hydrogens (tertiary/aromatic N) is 1. The Labute approximate surface area is 105 Å². The number of esters is 1. The molecule has 0 amide bonds. The van der Waals surface area contributed by atoms with Gasteiger partial charge >= 0.3 is 5.97 Å². The van der Waals surface area contributed by atoms with Gasteiger partial charge in [-0.15, -0.1) is 11.3 Å². The maximum atomic E-state index is 12.1. The second-order valence-electron chi connectivity index (χ2n) is 5.23. The lowest BCUT2D eigenvalue weighted by Crippen LogP contribution is -2.24. The average molecular weight is 251 g/mol. The molecule has 0 N–H and O–H groups in total. The summed E-state index contributed by atoms with van der Waals surface area (Å²) in [4.78, 5) is 16.3. The molecule has 1 heterocycles. The minimum absolute atomic E-state index is 0.0000926. The fourth-order valence-electron chi connectivity index (χ4n) is 3.28. The number of hydrogen-bond acceptors (Lipinski definition) is 4. The van der Waals surface area contributed by atoms with Crippen molar-refractivity contribution in [2.24, 2.45) is 17.8 Å². The van der Waals surface area contributed by atoms with Crippen molar-refractivity contribution in [2.75, 3.05) is 0 Å². The van der Waals surface area contributed by atoms with Gasteiger partial charge in [0.15, 0.2) is 6.10 Å². The Morgan fingerprint density at radius 2 is 2.41 bits per heavy atom. The van der Waals surface area contributed by atoms with Gasteiger partial charge < -0.3 is 4.74 Å². The van der Waals surface area contributed by atoms with E-state index in [-0.39, 0.29) is 18.0 Å². The molecular formula is C13H17NO2S. The van der Waals surface area contributed by atoms with Crippen LogP contribution in [0.2, 0.25) is 0 Å². The zero-order valence-corrected chi connectivity index (χ0v) is 10.8. The van der Waals surface area contributed by atoms with Crippen LogP contribution >= 0.6 is 11.3 Å². The Morgan fingerprint density at radius 1 is 1.53 bits per heavy atom. The first-order chi connectivity index (χ1) is 8.24. The number of rotatable bonds is 3. The van der Waals surface area contributed by atoms with Crippen LogP contribution in [0, 0.1) is 17.8 Å². The molecule has 3 nitrogen and oxygen atoms in total. The van der Waals surface area contributed by atoms with Gasteiger partial charge in [-0.2, -0.15) is 0 Å². The highest BCUT2D eigenvalue weighted by Crippen LogP contribution is 2.49. The average Bonchev–Trinajstić information content (AvgIpc) is 3.05. The Balaban J connectivity index is 1.60. The number of ether oxygens (including phenoxy) is 1. The first-order valence-corrected chi connectivity index (χ1v) is 7.22. The summed E-state index contributed by atoms with van der Waals surface area (Å²) in [6, 6.07) is 0. The van der Waals surface area contributed by atoms with Crippen molar-refractivity contribution < 1.29 is 9.53 Å². The van der Waals surface area contributed by atoms with Crippen LogP contribution in [0.1, 0.15) is 43.7 Å². The van der Waals surface area contributed by atoms with Crippen LogP contribution in [0.5, 0.6) is 0 Å². The van der Waals surface area contributed by atoms with Gasteiger partial charge in [0.2, 0.25) is 0 Å². The summed E-state index contributed by atoms with van der Waals surface area (Å²) in [5, 5.41) is 2.80. The molecule has 0 aliphatic heterocycles. The first-order valence-electron chi connectivity index (χ1n) is 6.34. The highest BCUT2D eigenvalue weighted by atomic mass is 32.1. The van der Waals surface area contributed by atoms with Crippen LogP contribution in [0.3, 0.4) is 0 Å². The molecule has 4 heteroatoms. The van der Waals surface area contributed by atoms with E-state index in [0.717, 1.165) is 17.3 Å². The lowest BCUT2D eigenvalue weighted by atomic mass is 9.89. The molecule has 0 radical (unpaired) electrons. The normalized spacial score (nSPS) is 32.6. The molecule has 2 aliphatic rings. The molecule has 0 unspecified atom stereocenters. The third kappa shape index (κ3) is 2.10. The molecule has 0 spiro atoms. The molecule has 1 aromatic rings. The van der Waals surface area contributed by atoms with Gasteiger partial charge in [0.1, 0.15) is 5.01 Å². The number of hydrogen-bond donors (Lipinski definition) is 0. The predicted molar refractivity (Wildman–Crippen MR) is 65.6 cm³/mol. The summed E-state index contributed by atoms with van der Waals surface area (Å²) in [5.74, 6) is 1.54. The largest absolute Gasteiger partial charge is 0.455 e. The topological polar surface area (TPSA) is 39.2 Å². The molecule has 0 aromatic carbocycles. The van der Waals surface area contributed by atoms with Gasteiger partial charge in [-0.3, -0.25) is 4.79 Å². The van der Waals surface area contributed by atoms with Crippen molar-refractivity contribution in [1.82, 2.24) is 4.98 Å². The molecule has 4 atom stereocenters. The second kappa shape index (κ2) is 4.41. The highest BCUT2D eigenvalue weighted by Gasteiger charge is 2.44. The second-order valence-corrected chi connectivity index (χ2v) is 6.16. The van der Waals surface area contributed by atoms with Gasteiger partial charge in [0.05, 0.1) is 5.92 Å². The highest BCUT2D eigenvalue weighted by molar-refractivity contribution is 7.09. The Hall–Kier alpha value is -0.900. The van der Waals surface area contributed by atoms with Gasteiger partial charge in [-0.05, 0) is 38.0 Å². The molecule has 17 heavy (non-hydrogen) atoms. The summed E-state index contributed by atoms with van der Waals surface area (Å²) >= 11 is 1.54. The van der Waals surface area contributed by atoms with Crippen molar-refractivity contribution >= 4 is 17.3 Å². The maximum Gasteiger partial charge on any atom is 0.309 e. The minimum atomic E-state index is -0.193. The fraction of sp³-hybridized carbons (Fsp3) is 0.692. The molecule has 2 saturated carbocycles. The number of aromatic nitrogens is 1. The van der Waals surface area contributed by atoms with Crippen LogP contribution in [0.25, 0.3) is 0 Å². The molecule has 3 rings (SSSR count). The zero-order chi connectivity index (χ0) is 11.8. The maximum absolute atomic E-state index is 12.1. The molecule has 2 aliphatic carbocycles. The molecular weight excluding hydrogens is 234 g/mol. The number of fused-ring (bicyclic) bond motifs is 2. The lowest BCUT2D eigenvalue weighted by Gasteiger charge is -2.21. The number of carbonyl (C=O) groups excluding carboxylic acids is 1. The van der Waals surface area contributed by atoms with E-state index >= 15 is 0 Å². The molecule has 1 aromatic heterocycles. The van der Waals surface area contributed by atoms with E-state index < -0.39 is 0 Å².